The lowest BCUT2D eigenvalue weighted by Crippen LogP contribution is -2.21. The van der Waals surface area contributed by atoms with Crippen LogP contribution >= 0.6 is 0 Å². The van der Waals surface area contributed by atoms with Gasteiger partial charge in [0.2, 0.25) is 0 Å². The predicted molar refractivity (Wildman–Crippen MR) is 54.7 cm³/mol. The van der Waals surface area contributed by atoms with Crippen LogP contribution in [0.15, 0.2) is 30.4 Å². The number of anilines is 1. The van der Waals surface area contributed by atoms with Crippen molar-refractivity contribution in [2.45, 2.75) is 0 Å². The Morgan fingerprint density at radius 1 is 1.33 bits per heavy atom. The molecule has 78 valence electrons. The van der Waals surface area contributed by atoms with E-state index in [9.17, 15) is 9.18 Å². The standard InChI is InChI=1S/C11H10FNO2/c12-8-3-4-9(11(14)15)10(7-8)13-5-1-2-6-13/h1-4,7H,5-6H2,(H,14,15). The highest BCUT2D eigenvalue weighted by Gasteiger charge is 2.17. The molecule has 0 fully saturated rings. The first-order chi connectivity index (χ1) is 7.18. The first-order valence-electron chi connectivity index (χ1n) is 4.61. The fraction of sp³-hybridized carbons (Fsp3) is 0.182. The average Bonchev–Trinajstić information content (AvgIpc) is 2.69. The topological polar surface area (TPSA) is 40.5 Å². The first kappa shape index (κ1) is 9.71. The summed E-state index contributed by atoms with van der Waals surface area (Å²) in [6, 6.07) is 3.72. The van der Waals surface area contributed by atoms with Gasteiger partial charge in [0.1, 0.15) is 5.82 Å². The number of aromatic carboxylic acids is 1. The van der Waals surface area contributed by atoms with Gasteiger partial charge in [0.05, 0.1) is 11.3 Å². The van der Waals surface area contributed by atoms with E-state index in [0.717, 1.165) is 6.07 Å². The van der Waals surface area contributed by atoms with Crippen molar-refractivity contribution in [1.29, 1.82) is 0 Å². The van der Waals surface area contributed by atoms with Crippen LogP contribution in [0.3, 0.4) is 0 Å². The lowest BCUT2D eigenvalue weighted by atomic mass is 10.1. The van der Waals surface area contributed by atoms with E-state index < -0.39 is 11.8 Å². The molecule has 0 spiro atoms. The summed E-state index contributed by atoms with van der Waals surface area (Å²) in [6.07, 6.45) is 3.85. The van der Waals surface area contributed by atoms with Crippen LogP contribution in [-0.2, 0) is 0 Å². The molecule has 1 aliphatic heterocycles. The Hall–Kier alpha value is -1.84. The largest absolute Gasteiger partial charge is 0.478 e. The molecule has 0 radical (unpaired) electrons. The molecule has 1 aliphatic rings. The van der Waals surface area contributed by atoms with Crippen molar-refractivity contribution < 1.29 is 14.3 Å². The van der Waals surface area contributed by atoms with Gasteiger partial charge in [-0.2, -0.15) is 0 Å². The number of nitrogens with zero attached hydrogens (tertiary/aromatic N) is 1. The number of hydrogen-bond donors (Lipinski definition) is 1. The number of carboxylic acids is 1. The molecule has 4 heteroatoms. The molecule has 0 aliphatic carbocycles. The maximum absolute atomic E-state index is 13.0. The summed E-state index contributed by atoms with van der Waals surface area (Å²) in [5.74, 6) is -1.45. The third-order valence-corrected chi connectivity index (χ3v) is 2.35. The van der Waals surface area contributed by atoms with Crippen molar-refractivity contribution in [2.75, 3.05) is 18.0 Å². The van der Waals surface area contributed by atoms with E-state index in [1.165, 1.54) is 12.1 Å². The summed E-state index contributed by atoms with van der Waals surface area (Å²) in [6.45, 7) is 1.26. The van der Waals surface area contributed by atoms with Crippen molar-refractivity contribution in [3.8, 4) is 0 Å². The summed E-state index contributed by atoms with van der Waals surface area (Å²) >= 11 is 0. The van der Waals surface area contributed by atoms with E-state index in [1.54, 1.807) is 0 Å². The Morgan fingerprint density at radius 2 is 2.00 bits per heavy atom. The molecule has 0 amide bonds. The number of carbonyl (C=O) groups is 1. The lowest BCUT2D eigenvalue weighted by Gasteiger charge is -2.19. The zero-order chi connectivity index (χ0) is 10.8. The summed E-state index contributed by atoms with van der Waals surface area (Å²) in [4.78, 5) is 12.7. The minimum absolute atomic E-state index is 0.139. The van der Waals surface area contributed by atoms with Crippen LogP contribution in [-0.4, -0.2) is 24.2 Å². The minimum atomic E-state index is -1.03. The smallest absolute Gasteiger partial charge is 0.337 e. The van der Waals surface area contributed by atoms with Gasteiger partial charge in [-0.1, -0.05) is 12.2 Å². The quantitative estimate of drug-likeness (QED) is 0.753. The molecular formula is C11H10FNO2. The SMILES string of the molecule is O=C(O)c1ccc(F)cc1N1CC=CC1. The van der Waals surface area contributed by atoms with Crippen molar-refractivity contribution in [1.82, 2.24) is 0 Å². The Balaban J connectivity index is 2.42. The second kappa shape index (κ2) is 3.73. The third kappa shape index (κ3) is 1.83. The fourth-order valence-corrected chi connectivity index (χ4v) is 1.62. The summed E-state index contributed by atoms with van der Waals surface area (Å²) in [5, 5.41) is 8.95. The van der Waals surface area contributed by atoms with Gasteiger partial charge < -0.3 is 10.0 Å². The lowest BCUT2D eigenvalue weighted by molar-refractivity contribution is 0.0697. The van der Waals surface area contributed by atoms with E-state index in [1.807, 2.05) is 17.1 Å². The van der Waals surface area contributed by atoms with E-state index in [0.29, 0.717) is 18.8 Å². The van der Waals surface area contributed by atoms with Crippen LogP contribution in [0.25, 0.3) is 0 Å². The van der Waals surface area contributed by atoms with Crippen LogP contribution in [0, 0.1) is 5.82 Å². The molecule has 0 aromatic heterocycles. The molecular weight excluding hydrogens is 197 g/mol. The van der Waals surface area contributed by atoms with Gasteiger partial charge in [-0.05, 0) is 18.2 Å². The molecule has 1 heterocycles. The highest BCUT2D eigenvalue weighted by atomic mass is 19.1. The predicted octanol–water partition coefficient (Wildman–Crippen LogP) is 1.90. The average molecular weight is 207 g/mol. The Morgan fingerprint density at radius 3 is 2.60 bits per heavy atom. The number of halogens is 1. The van der Waals surface area contributed by atoms with Crippen LogP contribution in [0.2, 0.25) is 0 Å². The number of hydrogen-bond acceptors (Lipinski definition) is 2. The fourth-order valence-electron chi connectivity index (χ4n) is 1.62. The van der Waals surface area contributed by atoms with Gasteiger partial charge in [0.25, 0.3) is 0 Å². The maximum Gasteiger partial charge on any atom is 0.337 e. The van der Waals surface area contributed by atoms with Gasteiger partial charge in [-0.25, -0.2) is 9.18 Å². The monoisotopic (exact) mass is 207 g/mol. The summed E-state index contributed by atoms with van der Waals surface area (Å²) in [5.41, 5.74) is 0.576. The van der Waals surface area contributed by atoms with Crippen LogP contribution in [0.4, 0.5) is 10.1 Å². The molecule has 0 atom stereocenters. The number of rotatable bonds is 2. The Bertz CT molecular complexity index is 421. The number of carboxylic acid groups (broad SMARTS) is 1. The molecule has 1 aromatic rings. The minimum Gasteiger partial charge on any atom is -0.478 e. The van der Waals surface area contributed by atoms with E-state index in [-0.39, 0.29) is 5.56 Å². The molecule has 0 saturated carbocycles. The van der Waals surface area contributed by atoms with E-state index in [2.05, 4.69) is 0 Å². The highest BCUT2D eigenvalue weighted by molar-refractivity contribution is 5.94. The zero-order valence-corrected chi connectivity index (χ0v) is 7.98. The molecule has 0 unspecified atom stereocenters. The van der Waals surface area contributed by atoms with E-state index in [4.69, 9.17) is 5.11 Å². The normalized spacial score (nSPS) is 14.6. The van der Waals surface area contributed by atoms with Crippen LogP contribution in [0.5, 0.6) is 0 Å². The van der Waals surface area contributed by atoms with Gasteiger partial charge in [-0.15, -0.1) is 0 Å². The van der Waals surface area contributed by atoms with Crippen LogP contribution < -0.4 is 4.90 Å². The number of benzene rings is 1. The van der Waals surface area contributed by atoms with Gasteiger partial charge in [0.15, 0.2) is 0 Å². The van der Waals surface area contributed by atoms with Crippen molar-refractivity contribution >= 4 is 11.7 Å². The Kier molecular flexibility index (Phi) is 2.41. The summed E-state index contributed by atoms with van der Waals surface area (Å²) in [7, 11) is 0. The maximum atomic E-state index is 13.0. The van der Waals surface area contributed by atoms with E-state index >= 15 is 0 Å². The van der Waals surface area contributed by atoms with Gasteiger partial charge in [-0.3, -0.25) is 0 Å². The van der Waals surface area contributed by atoms with Gasteiger partial charge >= 0.3 is 5.97 Å². The summed E-state index contributed by atoms with van der Waals surface area (Å²) < 4.78 is 13.0. The third-order valence-electron chi connectivity index (χ3n) is 2.35. The molecule has 0 bridgehead atoms. The van der Waals surface area contributed by atoms with Crippen LogP contribution in [0.1, 0.15) is 10.4 Å². The Labute approximate surface area is 86.4 Å². The van der Waals surface area contributed by atoms with Gasteiger partial charge in [0, 0.05) is 13.1 Å². The molecule has 3 nitrogen and oxygen atoms in total. The molecule has 0 saturated heterocycles. The second-order valence-electron chi connectivity index (χ2n) is 3.34. The molecule has 2 rings (SSSR count). The molecule has 15 heavy (non-hydrogen) atoms. The highest BCUT2D eigenvalue weighted by Crippen LogP contribution is 2.23. The van der Waals surface area contributed by atoms with Crippen molar-refractivity contribution in [3.63, 3.8) is 0 Å². The second-order valence-corrected chi connectivity index (χ2v) is 3.34. The zero-order valence-electron chi connectivity index (χ0n) is 7.98. The molecule has 1 aromatic carbocycles. The van der Waals surface area contributed by atoms with Crippen molar-refractivity contribution in [3.05, 3.63) is 41.7 Å². The van der Waals surface area contributed by atoms with Crippen molar-refractivity contribution in [2.24, 2.45) is 0 Å². The first-order valence-corrected chi connectivity index (χ1v) is 4.61. The molecule has 1 N–H and O–H groups in total.